The van der Waals surface area contributed by atoms with Crippen molar-refractivity contribution in [1.29, 1.82) is 0 Å². The van der Waals surface area contributed by atoms with Crippen LogP contribution in [0.5, 0.6) is 0 Å². The van der Waals surface area contributed by atoms with E-state index in [9.17, 15) is 4.79 Å². The third-order valence-corrected chi connectivity index (χ3v) is 2.97. The Morgan fingerprint density at radius 1 is 1.50 bits per heavy atom. The Labute approximate surface area is 106 Å². The van der Waals surface area contributed by atoms with Crippen molar-refractivity contribution in [2.75, 3.05) is 13.6 Å². The summed E-state index contributed by atoms with van der Waals surface area (Å²) in [5.41, 5.74) is 7.62. The maximum absolute atomic E-state index is 11.6. The minimum absolute atomic E-state index is 0.0422. The maximum atomic E-state index is 11.6. The van der Waals surface area contributed by atoms with E-state index in [0.29, 0.717) is 6.54 Å². The SMILES string of the molecule is C[C@@H](N)C(=O)N(C)CCn1cnc2ccccc21. The molecule has 0 aliphatic carbocycles. The number of para-hydroxylation sites is 2. The Morgan fingerprint density at radius 2 is 2.22 bits per heavy atom. The Morgan fingerprint density at radius 3 is 2.94 bits per heavy atom. The van der Waals surface area contributed by atoms with Gasteiger partial charge in [0.1, 0.15) is 0 Å². The summed E-state index contributed by atoms with van der Waals surface area (Å²) in [5, 5.41) is 0. The number of imidazole rings is 1. The average Bonchev–Trinajstić information content (AvgIpc) is 2.78. The molecule has 96 valence electrons. The largest absolute Gasteiger partial charge is 0.343 e. The monoisotopic (exact) mass is 246 g/mol. The number of fused-ring (bicyclic) bond motifs is 1. The Balaban J connectivity index is 2.04. The number of aromatic nitrogens is 2. The highest BCUT2D eigenvalue weighted by Gasteiger charge is 2.13. The molecule has 1 heterocycles. The summed E-state index contributed by atoms with van der Waals surface area (Å²) in [6, 6.07) is 7.50. The molecule has 5 heteroatoms. The van der Waals surface area contributed by atoms with Gasteiger partial charge in [0.05, 0.1) is 23.4 Å². The number of carbonyl (C=O) groups is 1. The van der Waals surface area contributed by atoms with E-state index >= 15 is 0 Å². The normalized spacial score (nSPS) is 12.6. The van der Waals surface area contributed by atoms with E-state index in [1.54, 1.807) is 25.2 Å². The second-order valence-corrected chi connectivity index (χ2v) is 4.48. The summed E-state index contributed by atoms with van der Waals surface area (Å²) in [6.07, 6.45) is 1.80. The topological polar surface area (TPSA) is 64.2 Å². The van der Waals surface area contributed by atoms with E-state index in [1.807, 2.05) is 28.8 Å². The van der Waals surface area contributed by atoms with Crippen LogP contribution in [0, 0.1) is 0 Å². The molecule has 2 aromatic rings. The predicted molar refractivity (Wildman–Crippen MR) is 71.0 cm³/mol. The third-order valence-electron chi connectivity index (χ3n) is 2.97. The molecule has 0 bridgehead atoms. The molecule has 1 atom stereocenters. The lowest BCUT2D eigenvalue weighted by Crippen LogP contribution is -2.41. The van der Waals surface area contributed by atoms with Crippen LogP contribution in [-0.4, -0.2) is 40.0 Å². The number of carbonyl (C=O) groups excluding carboxylic acids is 1. The Kier molecular flexibility index (Phi) is 3.62. The zero-order valence-corrected chi connectivity index (χ0v) is 10.7. The lowest BCUT2D eigenvalue weighted by Gasteiger charge is -2.19. The van der Waals surface area contributed by atoms with E-state index in [2.05, 4.69) is 4.98 Å². The summed E-state index contributed by atoms with van der Waals surface area (Å²) >= 11 is 0. The van der Waals surface area contributed by atoms with Gasteiger partial charge in [-0.1, -0.05) is 12.1 Å². The maximum Gasteiger partial charge on any atom is 0.238 e. The third kappa shape index (κ3) is 2.51. The molecule has 1 aromatic heterocycles. The number of nitrogens with two attached hydrogens (primary N) is 1. The molecule has 1 amide bonds. The highest BCUT2D eigenvalue weighted by molar-refractivity contribution is 5.81. The van der Waals surface area contributed by atoms with Crippen LogP contribution in [0.4, 0.5) is 0 Å². The van der Waals surface area contributed by atoms with Crippen LogP contribution in [0.25, 0.3) is 11.0 Å². The molecular weight excluding hydrogens is 228 g/mol. The first-order valence-corrected chi connectivity index (χ1v) is 6.00. The van der Waals surface area contributed by atoms with Crippen LogP contribution in [0.15, 0.2) is 30.6 Å². The molecule has 0 saturated carbocycles. The number of benzene rings is 1. The fourth-order valence-corrected chi connectivity index (χ4v) is 1.90. The fourth-order valence-electron chi connectivity index (χ4n) is 1.90. The van der Waals surface area contributed by atoms with Gasteiger partial charge in [0.2, 0.25) is 5.91 Å². The predicted octanol–water partition coefficient (Wildman–Crippen LogP) is 0.842. The van der Waals surface area contributed by atoms with Gasteiger partial charge < -0.3 is 15.2 Å². The Hall–Kier alpha value is -1.88. The molecule has 0 radical (unpaired) electrons. The summed E-state index contributed by atoms with van der Waals surface area (Å²) in [4.78, 5) is 17.6. The van der Waals surface area contributed by atoms with Crippen molar-refractivity contribution in [3.05, 3.63) is 30.6 Å². The molecule has 2 N–H and O–H groups in total. The van der Waals surface area contributed by atoms with Crippen molar-refractivity contribution >= 4 is 16.9 Å². The van der Waals surface area contributed by atoms with Gasteiger partial charge in [-0.2, -0.15) is 0 Å². The molecule has 0 spiro atoms. The van der Waals surface area contributed by atoms with Crippen LogP contribution in [0.2, 0.25) is 0 Å². The van der Waals surface area contributed by atoms with Crippen LogP contribution in [0.3, 0.4) is 0 Å². The molecule has 1 aromatic carbocycles. The van der Waals surface area contributed by atoms with Crippen LogP contribution >= 0.6 is 0 Å². The summed E-state index contributed by atoms with van der Waals surface area (Å²) in [7, 11) is 1.77. The van der Waals surface area contributed by atoms with Crippen molar-refractivity contribution in [2.45, 2.75) is 19.5 Å². The number of hydrogen-bond donors (Lipinski definition) is 1. The first kappa shape index (κ1) is 12.6. The van der Waals surface area contributed by atoms with E-state index < -0.39 is 6.04 Å². The second kappa shape index (κ2) is 5.18. The Bertz CT molecular complexity index is 547. The number of hydrogen-bond acceptors (Lipinski definition) is 3. The lowest BCUT2D eigenvalue weighted by molar-refractivity contribution is -0.130. The number of amides is 1. The molecule has 5 nitrogen and oxygen atoms in total. The summed E-state index contributed by atoms with van der Waals surface area (Å²) in [6.45, 7) is 3.04. The summed E-state index contributed by atoms with van der Waals surface area (Å²) in [5.74, 6) is -0.0422. The quantitative estimate of drug-likeness (QED) is 0.869. The van der Waals surface area contributed by atoms with E-state index in [-0.39, 0.29) is 5.91 Å². The van der Waals surface area contributed by atoms with Gasteiger partial charge in [0.15, 0.2) is 0 Å². The van der Waals surface area contributed by atoms with Crippen molar-refractivity contribution < 1.29 is 4.79 Å². The number of rotatable bonds is 4. The molecule has 2 rings (SSSR count). The molecule has 0 aliphatic heterocycles. The van der Waals surface area contributed by atoms with Crippen molar-refractivity contribution in [3.8, 4) is 0 Å². The standard InChI is InChI=1S/C13H18N4O/c1-10(14)13(18)16(2)7-8-17-9-15-11-5-3-4-6-12(11)17/h3-6,9-10H,7-8,14H2,1-2H3/t10-/m1/s1. The van der Waals surface area contributed by atoms with Crippen LogP contribution < -0.4 is 5.73 Å². The first-order chi connectivity index (χ1) is 8.59. The van der Waals surface area contributed by atoms with E-state index in [1.165, 1.54) is 0 Å². The van der Waals surface area contributed by atoms with Crippen molar-refractivity contribution in [3.63, 3.8) is 0 Å². The number of likely N-dealkylation sites (N-methyl/N-ethyl adjacent to an activating group) is 1. The highest BCUT2D eigenvalue weighted by Crippen LogP contribution is 2.11. The van der Waals surface area contributed by atoms with Crippen molar-refractivity contribution in [1.82, 2.24) is 14.5 Å². The second-order valence-electron chi connectivity index (χ2n) is 4.48. The van der Waals surface area contributed by atoms with Gasteiger partial charge in [-0.15, -0.1) is 0 Å². The van der Waals surface area contributed by atoms with Gasteiger partial charge in [-0.25, -0.2) is 4.98 Å². The van der Waals surface area contributed by atoms with E-state index in [0.717, 1.165) is 17.6 Å². The molecule has 18 heavy (non-hydrogen) atoms. The van der Waals surface area contributed by atoms with Gasteiger partial charge in [0, 0.05) is 20.1 Å². The molecule has 0 aliphatic rings. The van der Waals surface area contributed by atoms with Crippen molar-refractivity contribution in [2.24, 2.45) is 5.73 Å². The average molecular weight is 246 g/mol. The fraction of sp³-hybridized carbons (Fsp3) is 0.385. The minimum Gasteiger partial charge on any atom is -0.343 e. The van der Waals surface area contributed by atoms with Gasteiger partial charge in [0.25, 0.3) is 0 Å². The smallest absolute Gasteiger partial charge is 0.238 e. The lowest BCUT2D eigenvalue weighted by atomic mass is 10.3. The van der Waals surface area contributed by atoms with Gasteiger partial charge in [-0.05, 0) is 19.1 Å². The first-order valence-electron chi connectivity index (χ1n) is 6.00. The zero-order valence-electron chi connectivity index (χ0n) is 10.7. The van der Waals surface area contributed by atoms with Gasteiger partial charge >= 0.3 is 0 Å². The van der Waals surface area contributed by atoms with Crippen LogP contribution in [0.1, 0.15) is 6.92 Å². The van der Waals surface area contributed by atoms with Gasteiger partial charge in [-0.3, -0.25) is 4.79 Å². The minimum atomic E-state index is -0.450. The zero-order chi connectivity index (χ0) is 13.1. The molecule has 0 saturated heterocycles. The highest BCUT2D eigenvalue weighted by atomic mass is 16.2. The molecule has 0 unspecified atom stereocenters. The molecule has 0 fully saturated rings. The van der Waals surface area contributed by atoms with E-state index in [4.69, 9.17) is 5.73 Å². The molecular formula is C13H18N4O. The summed E-state index contributed by atoms with van der Waals surface area (Å²) < 4.78 is 2.04. The van der Waals surface area contributed by atoms with Crippen LogP contribution in [-0.2, 0) is 11.3 Å². The number of nitrogens with zero attached hydrogens (tertiary/aromatic N) is 3.